The van der Waals surface area contributed by atoms with E-state index in [0.717, 1.165) is 0 Å². The van der Waals surface area contributed by atoms with Crippen LogP contribution in [0.15, 0.2) is 35.2 Å². The van der Waals surface area contributed by atoms with E-state index in [1.54, 1.807) is 37.3 Å². The van der Waals surface area contributed by atoms with Gasteiger partial charge in [0.05, 0.1) is 4.90 Å². The van der Waals surface area contributed by atoms with Crippen molar-refractivity contribution in [3.63, 3.8) is 0 Å². The smallest absolute Gasteiger partial charge is 0.207 e. The maximum Gasteiger partial charge on any atom is 0.240 e. The average Bonchev–Trinajstić information content (AvgIpc) is 2.27. The number of halogens is 1. The highest BCUT2D eigenvalue weighted by Gasteiger charge is 2.21. The van der Waals surface area contributed by atoms with Gasteiger partial charge in [-0.25, -0.2) is 13.1 Å². The second-order valence-corrected chi connectivity index (χ2v) is 6.03. The maximum absolute atomic E-state index is 11.9. The number of benzene rings is 1. The van der Waals surface area contributed by atoms with E-state index in [1.165, 1.54) is 0 Å². The van der Waals surface area contributed by atoms with Gasteiger partial charge >= 0.3 is 0 Å². The van der Waals surface area contributed by atoms with E-state index in [1.807, 2.05) is 6.92 Å². The van der Waals surface area contributed by atoms with Gasteiger partial charge in [0.1, 0.15) is 0 Å². The Hall–Kier alpha value is -0.580. The molecule has 90 valence electrons. The van der Waals surface area contributed by atoms with Gasteiger partial charge < -0.3 is 0 Å². The number of sulfonamides is 1. The molecule has 5 heteroatoms. The van der Waals surface area contributed by atoms with Crippen molar-refractivity contribution in [2.75, 3.05) is 0 Å². The SMILES string of the molecule is CCC(NS(=O)(=O)c1ccccc1)C(C)Cl. The molecule has 1 aromatic rings. The molecule has 1 aromatic carbocycles. The number of hydrogen-bond donors (Lipinski definition) is 1. The van der Waals surface area contributed by atoms with Gasteiger partial charge in [-0.15, -0.1) is 11.6 Å². The summed E-state index contributed by atoms with van der Waals surface area (Å²) in [5, 5.41) is -0.233. The molecular weight excluding hydrogens is 246 g/mol. The van der Waals surface area contributed by atoms with Crippen molar-refractivity contribution in [1.29, 1.82) is 0 Å². The first-order chi connectivity index (χ1) is 7.47. The molecule has 0 aliphatic carbocycles. The van der Waals surface area contributed by atoms with Crippen LogP contribution < -0.4 is 4.72 Å². The minimum atomic E-state index is -3.45. The fourth-order valence-corrected chi connectivity index (χ4v) is 3.11. The van der Waals surface area contributed by atoms with Crippen LogP contribution in [0.1, 0.15) is 20.3 Å². The predicted molar refractivity (Wildman–Crippen MR) is 66.2 cm³/mol. The first-order valence-electron chi connectivity index (χ1n) is 5.19. The lowest BCUT2D eigenvalue weighted by molar-refractivity contribution is 0.533. The van der Waals surface area contributed by atoms with Gasteiger partial charge in [0.15, 0.2) is 0 Å². The lowest BCUT2D eigenvalue weighted by Gasteiger charge is -2.19. The van der Waals surface area contributed by atoms with Crippen LogP contribution >= 0.6 is 11.6 Å². The highest BCUT2D eigenvalue weighted by atomic mass is 35.5. The zero-order valence-electron chi connectivity index (χ0n) is 9.35. The van der Waals surface area contributed by atoms with E-state index >= 15 is 0 Å². The summed E-state index contributed by atoms with van der Waals surface area (Å²) in [5.74, 6) is 0. The van der Waals surface area contributed by atoms with Gasteiger partial charge in [0.2, 0.25) is 10.0 Å². The van der Waals surface area contributed by atoms with E-state index < -0.39 is 10.0 Å². The summed E-state index contributed by atoms with van der Waals surface area (Å²) in [5.41, 5.74) is 0. The van der Waals surface area contributed by atoms with Crippen molar-refractivity contribution in [3.05, 3.63) is 30.3 Å². The van der Waals surface area contributed by atoms with Crippen LogP contribution in [-0.2, 0) is 10.0 Å². The van der Waals surface area contributed by atoms with E-state index in [2.05, 4.69) is 4.72 Å². The van der Waals surface area contributed by atoms with Crippen molar-refractivity contribution in [2.24, 2.45) is 0 Å². The molecule has 0 saturated heterocycles. The van der Waals surface area contributed by atoms with Gasteiger partial charge in [-0.2, -0.15) is 0 Å². The molecule has 0 aliphatic heterocycles. The Morgan fingerprint density at radius 1 is 1.31 bits per heavy atom. The molecule has 0 spiro atoms. The van der Waals surface area contributed by atoms with Gasteiger partial charge in [-0.05, 0) is 25.5 Å². The molecule has 0 aromatic heterocycles. The predicted octanol–water partition coefficient (Wildman–Crippen LogP) is 2.37. The molecule has 1 N–H and O–H groups in total. The third-order valence-corrected chi connectivity index (χ3v) is 4.16. The Kier molecular flexibility index (Phi) is 4.77. The van der Waals surface area contributed by atoms with E-state index in [-0.39, 0.29) is 16.3 Å². The third kappa shape index (κ3) is 3.47. The number of rotatable bonds is 5. The molecular formula is C11H16ClNO2S. The molecule has 0 saturated carbocycles. The van der Waals surface area contributed by atoms with E-state index in [0.29, 0.717) is 6.42 Å². The Morgan fingerprint density at radius 3 is 2.31 bits per heavy atom. The summed E-state index contributed by atoms with van der Waals surface area (Å²) < 4.78 is 26.5. The number of hydrogen-bond acceptors (Lipinski definition) is 2. The summed E-state index contributed by atoms with van der Waals surface area (Å²) in [6, 6.07) is 8.05. The Morgan fingerprint density at radius 2 is 1.88 bits per heavy atom. The largest absolute Gasteiger partial charge is 0.240 e. The quantitative estimate of drug-likeness (QED) is 0.828. The first kappa shape index (κ1) is 13.5. The molecule has 1 rings (SSSR count). The van der Waals surface area contributed by atoms with Crippen LogP contribution in [0.4, 0.5) is 0 Å². The maximum atomic E-state index is 11.9. The average molecular weight is 262 g/mol. The molecule has 2 unspecified atom stereocenters. The summed E-state index contributed by atoms with van der Waals surface area (Å²) in [6.45, 7) is 3.68. The van der Waals surface area contributed by atoms with Gasteiger partial charge in [-0.1, -0.05) is 25.1 Å². The second-order valence-electron chi connectivity index (χ2n) is 3.63. The lowest BCUT2D eigenvalue weighted by Crippen LogP contribution is -2.39. The van der Waals surface area contributed by atoms with Crippen molar-refractivity contribution in [3.8, 4) is 0 Å². The van der Waals surface area contributed by atoms with Crippen LogP contribution in [0.2, 0.25) is 0 Å². The van der Waals surface area contributed by atoms with Crippen LogP contribution in [0.3, 0.4) is 0 Å². The molecule has 2 atom stereocenters. The van der Waals surface area contributed by atoms with Crippen LogP contribution in [0, 0.1) is 0 Å². The van der Waals surface area contributed by atoms with E-state index in [4.69, 9.17) is 11.6 Å². The fraction of sp³-hybridized carbons (Fsp3) is 0.455. The minimum Gasteiger partial charge on any atom is -0.207 e. The second kappa shape index (κ2) is 5.66. The summed E-state index contributed by atoms with van der Waals surface area (Å²) in [7, 11) is -3.45. The molecule has 0 amide bonds. The lowest BCUT2D eigenvalue weighted by atomic mass is 10.2. The van der Waals surface area contributed by atoms with Crippen molar-refractivity contribution in [2.45, 2.75) is 36.6 Å². The molecule has 0 radical (unpaired) electrons. The molecule has 0 fully saturated rings. The molecule has 0 aliphatic rings. The number of nitrogens with one attached hydrogen (secondary N) is 1. The monoisotopic (exact) mass is 261 g/mol. The highest BCUT2D eigenvalue weighted by molar-refractivity contribution is 7.89. The molecule has 3 nitrogen and oxygen atoms in total. The van der Waals surface area contributed by atoms with Crippen LogP contribution in [0.25, 0.3) is 0 Å². The van der Waals surface area contributed by atoms with Crippen molar-refractivity contribution in [1.82, 2.24) is 4.72 Å². The summed E-state index contributed by atoms with van der Waals surface area (Å²) >= 11 is 5.91. The summed E-state index contributed by atoms with van der Waals surface area (Å²) in [4.78, 5) is 0.269. The van der Waals surface area contributed by atoms with Gasteiger partial charge in [0.25, 0.3) is 0 Å². The van der Waals surface area contributed by atoms with Crippen LogP contribution in [-0.4, -0.2) is 19.8 Å². The summed E-state index contributed by atoms with van der Waals surface area (Å²) in [6.07, 6.45) is 0.663. The number of alkyl halides is 1. The Bertz CT molecular complexity index is 417. The van der Waals surface area contributed by atoms with Gasteiger partial charge in [-0.3, -0.25) is 0 Å². The van der Waals surface area contributed by atoms with Crippen molar-refractivity contribution >= 4 is 21.6 Å². The Balaban J connectivity index is 2.88. The zero-order valence-corrected chi connectivity index (χ0v) is 10.9. The van der Waals surface area contributed by atoms with E-state index in [9.17, 15) is 8.42 Å². The van der Waals surface area contributed by atoms with Crippen molar-refractivity contribution < 1.29 is 8.42 Å². The highest BCUT2D eigenvalue weighted by Crippen LogP contribution is 2.12. The molecule has 0 bridgehead atoms. The topological polar surface area (TPSA) is 46.2 Å². The fourth-order valence-electron chi connectivity index (χ4n) is 1.37. The third-order valence-electron chi connectivity index (χ3n) is 2.35. The molecule has 16 heavy (non-hydrogen) atoms. The van der Waals surface area contributed by atoms with Crippen LogP contribution in [0.5, 0.6) is 0 Å². The van der Waals surface area contributed by atoms with Gasteiger partial charge in [0, 0.05) is 11.4 Å². The minimum absolute atomic E-state index is 0.233. The Labute approximate surface area is 102 Å². The zero-order chi connectivity index (χ0) is 12.2. The molecule has 0 heterocycles. The standard InChI is InChI=1S/C11H16ClNO2S/c1-3-11(9(2)12)13-16(14,15)10-7-5-4-6-8-10/h4-9,11,13H,3H2,1-2H3. The first-order valence-corrected chi connectivity index (χ1v) is 7.10. The normalized spacial score (nSPS) is 15.7.